The summed E-state index contributed by atoms with van der Waals surface area (Å²) in [6, 6.07) is 7.65. The molecule has 0 unspecified atom stereocenters. The Balaban J connectivity index is 1.30. The number of nitrogens with zero attached hydrogens (tertiary/aromatic N) is 5. The molecule has 1 saturated heterocycles. The topological polar surface area (TPSA) is 97.0 Å². The SMILES string of the molecule is C[C@@H](NC(=O)[C@H]1CCCN(c2ncccc2-c2noc(C3CCC3)n2)C1)c1cccnc1. The van der Waals surface area contributed by atoms with Crippen LogP contribution in [0.4, 0.5) is 5.82 Å². The molecule has 1 N–H and O–H groups in total. The van der Waals surface area contributed by atoms with Gasteiger partial charge >= 0.3 is 0 Å². The fraction of sp³-hybridized carbons (Fsp3) is 0.458. The summed E-state index contributed by atoms with van der Waals surface area (Å²) in [4.78, 5) is 28.6. The molecule has 2 aliphatic rings. The quantitative estimate of drug-likeness (QED) is 0.631. The molecule has 1 saturated carbocycles. The van der Waals surface area contributed by atoms with Gasteiger partial charge in [-0.1, -0.05) is 17.6 Å². The van der Waals surface area contributed by atoms with Gasteiger partial charge in [-0.25, -0.2) is 4.98 Å². The summed E-state index contributed by atoms with van der Waals surface area (Å²) in [5, 5.41) is 7.38. The van der Waals surface area contributed by atoms with Crippen molar-refractivity contribution in [2.45, 2.75) is 51.0 Å². The Morgan fingerprint density at radius 1 is 1.19 bits per heavy atom. The summed E-state index contributed by atoms with van der Waals surface area (Å²) < 4.78 is 5.53. The third-order valence-electron chi connectivity index (χ3n) is 6.56. The predicted molar refractivity (Wildman–Crippen MR) is 120 cm³/mol. The average Bonchev–Trinajstić information content (AvgIpc) is 3.28. The van der Waals surface area contributed by atoms with Crippen molar-refractivity contribution in [2.24, 2.45) is 5.92 Å². The molecule has 2 atom stereocenters. The highest BCUT2D eigenvalue weighted by Gasteiger charge is 2.30. The second-order valence-electron chi connectivity index (χ2n) is 8.76. The predicted octanol–water partition coefficient (Wildman–Crippen LogP) is 3.89. The Morgan fingerprint density at radius 2 is 2.06 bits per heavy atom. The molecular weight excluding hydrogens is 404 g/mol. The maximum absolute atomic E-state index is 13.0. The van der Waals surface area contributed by atoms with E-state index < -0.39 is 0 Å². The molecule has 5 rings (SSSR count). The lowest BCUT2D eigenvalue weighted by atomic mass is 9.85. The summed E-state index contributed by atoms with van der Waals surface area (Å²) in [6.07, 6.45) is 10.5. The zero-order valence-corrected chi connectivity index (χ0v) is 18.3. The van der Waals surface area contributed by atoms with Crippen LogP contribution in [0.1, 0.15) is 62.4 Å². The Hall–Kier alpha value is -3.29. The molecule has 1 amide bonds. The number of anilines is 1. The van der Waals surface area contributed by atoms with Crippen molar-refractivity contribution in [1.29, 1.82) is 0 Å². The maximum Gasteiger partial charge on any atom is 0.230 e. The Labute approximate surface area is 187 Å². The van der Waals surface area contributed by atoms with Crippen LogP contribution in [0.3, 0.4) is 0 Å². The number of hydrogen-bond acceptors (Lipinski definition) is 7. The Morgan fingerprint density at radius 3 is 2.84 bits per heavy atom. The van der Waals surface area contributed by atoms with Crippen molar-refractivity contribution in [3.8, 4) is 11.4 Å². The van der Waals surface area contributed by atoms with Crippen molar-refractivity contribution in [2.75, 3.05) is 18.0 Å². The van der Waals surface area contributed by atoms with E-state index in [4.69, 9.17) is 4.52 Å². The van der Waals surface area contributed by atoms with Crippen molar-refractivity contribution in [3.63, 3.8) is 0 Å². The van der Waals surface area contributed by atoms with E-state index in [1.54, 1.807) is 18.6 Å². The number of hydrogen-bond donors (Lipinski definition) is 1. The zero-order chi connectivity index (χ0) is 21.9. The molecule has 32 heavy (non-hydrogen) atoms. The van der Waals surface area contributed by atoms with Gasteiger partial charge in [-0.05, 0) is 56.4 Å². The minimum absolute atomic E-state index is 0.0652. The van der Waals surface area contributed by atoms with E-state index in [-0.39, 0.29) is 17.9 Å². The van der Waals surface area contributed by atoms with Gasteiger partial charge in [0.2, 0.25) is 17.6 Å². The molecule has 4 heterocycles. The molecule has 8 heteroatoms. The highest BCUT2D eigenvalue weighted by atomic mass is 16.5. The minimum atomic E-state index is -0.103. The molecule has 2 fully saturated rings. The lowest BCUT2D eigenvalue weighted by molar-refractivity contribution is -0.125. The van der Waals surface area contributed by atoms with E-state index in [0.717, 1.165) is 55.1 Å². The van der Waals surface area contributed by atoms with Crippen LogP contribution < -0.4 is 10.2 Å². The lowest BCUT2D eigenvalue weighted by Gasteiger charge is -2.34. The van der Waals surface area contributed by atoms with Gasteiger partial charge in [-0.2, -0.15) is 4.98 Å². The van der Waals surface area contributed by atoms with Crippen LogP contribution in [-0.2, 0) is 4.79 Å². The van der Waals surface area contributed by atoms with Crippen LogP contribution >= 0.6 is 0 Å². The first-order valence-corrected chi connectivity index (χ1v) is 11.4. The first-order chi connectivity index (χ1) is 15.7. The molecule has 3 aromatic rings. The van der Waals surface area contributed by atoms with Gasteiger partial charge in [0.15, 0.2) is 0 Å². The lowest BCUT2D eigenvalue weighted by Crippen LogP contribution is -2.44. The number of pyridine rings is 2. The van der Waals surface area contributed by atoms with E-state index in [2.05, 4.69) is 30.3 Å². The maximum atomic E-state index is 13.0. The molecule has 1 aliphatic heterocycles. The molecule has 0 spiro atoms. The standard InChI is InChI=1S/C24H28N6O2/c1-16(18-8-3-11-25-14-18)27-23(31)19-9-5-13-30(15-19)22-20(10-4-12-26-22)21-28-24(32-29-21)17-6-2-7-17/h3-4,8,10-12,14,16-17,19H,2,5-7,9,13,15H2,1H3,(H,27,31)/t16-,19+/m1/s1. The summed E-state index contributed by atoms with van der Waals surface area (Å²) in [5.41, 5.74) is 1.85. The van der Waals surface area contributed by atoms with Crippen LogP contribution in [0, 0.1) is 5.92 Å². The number of nitrogens with one attached hydrogen (secondary N) is 1. The second kappa shape index (κ2) is 9.06. The molecule has 8 nitrogen and oxygen atoms in total. The molecule has 0 aromatic carbocycles. The highest BCUT2D eigenvalue weighted by molar-refractivity contribution is 5.80. The number of piperidine rings is 1. The van der Waals surface area contributed by atoms with Crippen molar-refractivity contribution >= 4 is 11.7 Å². The van der Waals surface area contributed by atoms with Crippen molar-refractivity contribution in [1.82, 2.24) is 25.4 Å². The Kier molecular flexibility index (Phi) is 5.83. The smallest absolute Gasteiger partial charge is 0.230 e. The van der Waals surface area contributed by atoms with E-state index in [1.807, 2.05) is 31.2 Å². The van der Waals surface area contributed by atoms with Crippen LogP contribution in [0.5, 0.6) is 0 Å². The molecule has 0 bridgehead atoms. The van der Waals surface area contributed by atoms with E-state index in [1.165, 1.54) is 6.42 Å². The number of aromatic nitrogens is 4. The van der Waals surface area contributed by atoms with E-state index in [9.17, 15) is 4.79 Å². The molecule has 3 aromatic heterocycles. The number of carbonyl (C=O) groups excluding carboxylic acids is 1. The molecule has 166 valence electrons. The largest absolute Gasteiger partial charge is 0.355 e. The van der Waals surface area contributed by atoms with E-state index >= 15 is 0 Å². The third kappa shape index (κ3) is 4.22. The first kappa shape index (κ1) is 20.6. The fourth-order valence-electron chi connectivity index (χ4n) is 4.42. The van der Waals surface area contributed by atoms with Gasteiger partial charge in [0.25, 0.3) is 0 Å². The van der Waals surface area contributed by atoms with Gasteiger partial charge in [-0.3, -0.25) is 9.78 Å². The van der Waals surface area contributed by atoms with Gasteiger partial charge in [0, 0.05) is 37.6 Å². The molecular formula is C24H28N6O2. The van der Waals surface area contributed by atoms with Crippen LogP contribution in [0.2, 0.25) is 0 Å². The van der Waals surface area contributed by atoms with Gasteiger partial charge in [0.1, 0.15) is 5.82 Å². The Bertz CT molecular complexity index is 1070. The summed E-state index contributed by atoms with van der Waals surface area (Å²) in [5.74, 6) is 2.46. The molecule has 1 aliphatic carbocycles. The summed E-state index contributed by atoms with van der Waals surface area (Å²) in [6.45, 7) is 3.45. The second-order valence-corrected chi connectivity index (χ2v) is 8.76. The summed E-state index contributed by atoms with van der Waals surface area (Å²) in [7, 11) is 0. The first-order valence-electron chi connectivity index (χ1n) is 11.4. The molecule has 0 radical (unpaired) electrons. The van der Waals surface area contributed by atoms with Crippen LogP contribution in [0.15, 0.2) is 47.4 Å². The van der Waals surface area contributed by atoms with Crippen molar-refractivity contribution < 1.29 is 9.32 Å². The van der Waals surface area contributed by atoms with Gasteiger partial charge in [-0.15, -0.1) is 0 Å². The normalized spacial score (nSPS) is 19.9. The number of amides is 1. The van der Waals surface area contributed by atoms with Crippen LogP contribution in [-0.4, -0.2) is 39.1 Å². The highest BCUT2D eigenvalue weighted by Crippen LogP contribution is 2.37. The number of carbonyl (C=O) groups is 1. The van der Waals surface area contributed by atoms with E-state index in [0.29, 0.717) is 18.3 Å². The number of rotatable bonds is 6. The van der Waals surface area contributed by atoms with Crippen LogP contribution in [0.25, 0.3) is 11.4 Å². The zero-order valence-electron chi connectivity index (χ0n) is 18.3. The third-order valence-corrected chi connectivity index (χ3v) is 6.56. The van der Waals surface area contributed by atoms with Crippen molar-refractivity contribution in [3.05, 3.63) is 54.3 Å². The van der Waals surface area contributed by atoms with Gasteiger partial charge < -0.3 is 14.7 Å². The fourth-order valence-corrected chi connectivity index (χ4v) is 4.42. The average molecular weight is 433 g/mol. The van der Waals surface area contributed by atoms with Gasteiger partial charge in [0.05, 0.1) is 17.5 Å². The monoisotopic (exact) mass is 432 g/mol. The minimum Gasteiger partial charge on any atom is -0.355 e. The summed E-state index contributed by atoms with van der Waals surface area (Å²) >= 11 is 0.